The van der Waals surface area contributed by atoms with Crippen molar-refractivity contribution in [3.63, 3.8) is 0 Å². The molecule has 5 heteroatoms. The summed E-state index contributed by atoms with van der Waals surface area (Å²) < 4.78 is 26.5. The Balaban J connectivity index is 2.91. The third kappa shape index (κ3) is 3.23. The fourth-order valence-corrected chi connectivity index (χ4v) is 1.56. The Labute approximate surface area is 99.2 Å². The van der Waals surface area contributed by atoms with E-state index in [4.69, 9.17) is 5.73 Å². The van der Waals surface area contributed by atoms with Gasteiger partial charge >= 0.3 is 0 Å². The van der Waals surface area contributed by atoms with Crippen molar-refractivity contribution in [1.29, 1.82) is 0 Å². The number of halogens is 2. The third-order valence-electron chi connectivity index (χ3n) is 2.74. The summed E-state index contributed by atoms with van der Waals surface area (Å²) in [6.07, 6.45) is 0.192. The molecule has 0 saturated heterocycles. The second kappa shape index (κ2) is 5.72. The quantitative estimate of drug-likeness (QED) is 0.875. The van der Waals surface area contributed by atoms with Crippen molar-refractivity contribution < 1.29 is 13.6 Å². The van der Waals surface area contributed by atoms with Crippen LogP contribution in [0.3, 0.4) is 0 Å². The minimum atomic E-state index is -0.523. The molecule has 0 bridgehead atoms. The van der Waals surface area contributed by atoms with Crippen molar-refractivity contribution in [1.82, 2.24) is 4.90 Å². The zero-order valence-electron chi connectivity index (χ0n) is 9.91. The number of nitrogens with zero attached hydrogens (tertiary/aromatic N) is 1. The number of nitrogens with two attached hydrogens (primary N) is 1. The van der Waals surface area contributed by atoms with Crippen molar-refractivity contribution >= 4 is 5.91 Å². The topological polar surface area (TPSA) is 46.3 Å². The largest absolute Gasteiger partial charge is 0.339 e. The van der Waals surface area contributed by atoms with Gasteiger partial charge in [-0.05, 0) is 25.1 Å². The van der Waals surface area contributed by atoms with Gasteiger partial charge in [0, 0.05) is 25.6 Å². The van der Waals surface area contributed by atoms with Gasteiger partial charge in [-0.15, -0.1) is 0 Å². The molecule has 0 fully saturated rings. The minimum absolute atomic E-state index is 0.165. The molecule has 0 saturated carbocycles. The monoisotopic (exact) mass is 242 g/mol. The van der Waals surface area contributed by atoms with Gasteiger partial charge in [-0.3, -0.25) is 4.79 Å². The molecule has 0 aliphatic carbocycles. The van der Waals surface area contributed by atoms with Gasteiger partial charge in [0.15, 0.2) is 0 Å². The van der Waals surface area contributed by atoms with E-state index >= 15 is 0 Å². The van der Waals surface area contributed by atoms with Crippen LogP contribution in [-0.4, -0.2) is 24.4 Å². The summed E-state index contributed by atoms with van der Waals surface area (Å²) in [5.41, 5.74) is 5.44. The third-order valence-corrected chi connectivity index (χ3v) is 2.74. The Bertz CT molecular complexity index is 409. The van der Waals surface area contributed by atoms with E-state index in [9.17, 15) is 13.6 Å². The average molecular weight is 242 g/mol. The Morgan fingerprint density at radius 3 is 2.71 bits per heavy atom. The normalized spacial score (nSPS) is 12.3. The molecule has 0 heterocycles. The van der Waals surface area contributed by atoms with Crippen molar-refractivity contribution in [2.75, 3.05) is 13.6 Å². The summed E-state index contributed by atoms with van der Waals surface area (Å²) in [7, 11) is 1.55. The van der Waals surface area contributed by atoms with Crippen molar-refractivity contribution in [3.05, 3.63) is 35.4 Å². The van der Waals surface area contributed by atoms with E-state index in [-0.39, 0.29) is 24.4 Å². The highest BCUT2D eigenvalue weighted by Gasteiger charge is 2.20. The van der Waals surface area contributed by atoms with E-state index in [0.717, 1.165) is 18.2 Å². The van der Waals surface area contributed by atoms with Crippen molar-refractivity contribution in [2.24, 2.45) is 5.73 Å². The fourth-order valence-electron chi connectivity index (χ4n) is 1.56. The molecule has 1 amide bonds. The van der Waals surface area contributed by atoms with Gasteiger partial charge in [0.25, 0.3) is 0 Å². The molecule has 1 unspecified atom stereocenters. The van der Waals surface area contributed by atoms with Gasteiger partial charge in [-0.2, -0.15) is 0 Å². The maximum atomic E-state index is 13.5. The first-order chi connectivity index (χ1) is 7.97. The molecule has 0 radical (unpaired) electrons. The minimum Gasteiger partial charge on any atom is -0.339 e. The molecule has 1 rings (SSSR count). The SMILES string of the molecule is CC(c1cc(F)ccc1F)N(C)C(=O)CCN. The molecule has 0 aliphatic heterocycles. The zero-order chi connectivity index (χ0) is 13.0. The summed E-state index contributed by atoms with van der Waals surface area (Å²) in [6, 6.07) is 2.69. The number of carbonyl (C=O) groups is 1. The van der Waals surface area contributed by atoms with Crippen molar-refractivity contribution in [3.8, 4) is 0 Å². The molecule has 17 heavy (non-hydrogen) atoms. The molecular formula is C12H16F2N2O. The van der Waals surface area contributed by atoms with Gasteiger partial charge in [0.2, 0.25) is 5.91 Å². The second-order valence-electron chi connectivity index (χ2n) is 3.89. The van der Waals surface area contributed by atoms with E-state index < -0.39 is 17.7 Å². The van der Waals surface area contributed by atoms with Crippen molar-refractivity contribution in [2.45, 2.75) is 19.4 Å². The summed E-state index contributed by atoms with van der Waals surface area (Å²) in [5.74, 6) is -1.23. The highest BCUT2D eigenvalue weighted by atomic mass is 19.1. The van der Waals surface area contributed by atoms with Gasteiger partial charge in [0.1, 0.15) is 11.6 Å². The van der Waals surface area contributed by atoms with Crippen LogP contribution in [0, 0.1) is 11.6 Å². The van der Waals surface area contributed by atoms with E-state index in [2.05, 4.69) is 0 Å². The number of hydrogen-bond donors (Lipinski definition) is 1. The fraction of sp³-hybridized carbons (Fsp3) is 0.417. The van der Waals surface area contributed by atoms with E-state index in [0.29, 0.717) is 0 Å². The summed E-state index contributed by atoms with van der Waals surface area (Å²) in [4.78, 5) is 12.9. The summed E-state index contributed by atoms with van der Waals surface area (Å²) in [6.45, 7) is 1.88. The van der Waals surface area contributed by atoms with Crippen LogP contribution in [0.4, 0.5) is 8.78 Å². The molecule has 1 aromatic carbocycles. The lowest BCUT2D eigenvalue weighted by molar-refractivity contribution is -0.131. The van der Waals surface area contributed by atoms with Crippen LogP contribution in [0.5, 0.6) is 0 Å². The van der Waals surface area contributed by atoms with Crippen LogP contribution in [-0.2, 0) is 4.79 Å². The van der Waals surface area contributed by atoms with Crippen LogP contribution in [0.2, 0.25) is 0 Å². The number of benzene rings is 1. The summed E-state index contributed by atoms with van der Waals surface area (Å²) in [5, 5.41) is 0. The Morgan fingerprint density at radius 1 is 1.47 bits per heavy atom. The Hall–Kier alpha value is -1.49. The van der Waals surface area contributed by atoms with E-state index in [1.807, 2.05) is 0 Å². The predicted octanol–water partition coefficient (Wildman–Crippen LogP) is 1.83. The van der Waals surface area contributed by atoms with Crippen LogP contribution in [0.1, 0.15) is 24.9 Å². The standard InChI is InChI=1S/C12H16F2N2O/c1-8(16(2)12(17)5-6-15)10-7-9(13)3-4-11(10)14/h3-4,7-8H,5-6,15H2,1-2H3. The lowest BCUT2D eigenvalue weighted by atomic mass is 10.1. The maximum Gasteiger partial charge on any atom is 0.224 e. The number of carbonyl (C=O) groups excluding carboxylic acids is 1. The lowest BCUT2D eigenvalue weighted by Gasteiger charge is -2.25. The highest BCUT2D eigenvalue weighted by molar-refractivity contribution is 5.76. The van der Waals surface area contributed by atoms with Gasteiger partial charge in [0.05, 0.1) is 6.04 Å². The predicted molar refractivity (Wildman–Crippen MR) is 61.2 cm³/mol. The molecule has 0 spiro atoms. The Morgan fingerprint density at radius 2 is 2.12 bits per heavy atom. The number of rotatable bonds is 4. The molecule has 0 aromatic heterocycles. The van der Waals surface area contributed by atoms with Gasteiger partial charge < -0.3 is 10.6 Å². The van der Waals surface area contributed by atoms with Gasteiger partial charge in [-0.25, -0.2) is 8.78 Å². The van der Waals surface area contributed by atoms with Crippen LogP contribution in [0.25, 0.3) is 0 Å². The van der Waals surface area contributed by atoms with Crippen LogP contribution in [0.15, 0.2) is 18.2 Å². The molecule has 0 aliphatic rings. The summed E-state index contributed by atoms with van der Waals surface area (Å²) >= 11 is 0. The first kappa shape index (κ1) is 13.6. The lowest BCUT2D eigenvalue weighted by Crippen LogP contribution is -2.31. The molecule has 94 valence electrons. The number of hydrogen-bond acceptors (Lipinski definition) is 2. The van der Waals surface area contributed by atoms with Crippen LogP contribution >= 0.6 is 0 Å². The van der Waals surface area contributed by atoms with Crippen LogP contribution < -0.4 is 5.73 Å². The smallest absolute Gasteiger partial charge is 0.224 e. The first-order valence-corrected chi connectivity index (χ1v) is 5.38. The second-order valence-corrected chi connectivity index (χ2v) is 3.89. The average Bonchev–Trinajstić information content (AvgIpc) is 2.30. The van der Waals surface area contributed by atoms with E-state index in [1.54, 1.807) is 14.0 Å². The highest BCUT2D eigenvalue weighted by Crippen LogP contribution is 2.23. The maximum absolute atomic E-state index is 13.5. The molecular weight excluding hydrogens is 226 g/mol. The zero-order valence-corrected chi connectivity index (χ0v) is 9.91. The number of amides is 1. The molecule has 3 nitrogen and oxygen atoms in total. The Kier molecular flexibility index (Phi) is 4.57. The van der Waals surface area contributed by atoms with E-state index in [1.165, 1.54) is 4.90 Å². The molecule has 2 N–H and O–H groups in total. The molecule has 1 atom stereocenters. The molecule has 1 aromatic rings. The first-order valence-electron chi connectivity index (χ1n) is 5.38. The van der Waals surface area contributed by atoms with Gasteiger partial charge in [-0.1, -0.05) is 0 Å².